The highest BCUT2D eigenvalue weighted by Crippen LogP contribution is 2.31. The monoisotopic (exact) mass is 386 g/mol. The van der Waals surface area contributed by atoms with Gasteiger partial charge in [-0.2, -0.15) is 5.10 Å². The zero-order valence-corrected chi connectivity index (χ0v) is 15.9. The predicted octanol–water partition coefficient (Wildman–Crippen LogP) is 3.31. The fraction of sp³-hybridized carbons (Fsp3) is 0.400. The van der Waals surface area contributed by atoms with Gasteiger partial charge in [0.15, 0.2) is 0 Å². The van der Waals surface area contributed by atoms with Crippen LogP contribution in [-0.2, 0) is 11.2 Å². The number of H-pyrrole nitrogens is 1. The van der Waals surface area contributed by atoms with Crippen LogP contribution >= 0.6 is 11.6 Å². The number of morpholine rings is 1. The number of carbonyl (C=O) groups excluding carboxylic acids is 1. The molecule has 1 amide bonds. The molecule has 0 bridgehead atoms. The lowest BCUT2D eigenvalue weighted by Gasteiger charge is -2.26. The summed E-state index contributed by atoms with van der Waals surface area (Å²) in [5, 5.41) is 10.1. The summed E-state index contributed by atoms with van der Waals surface area (Å²) in [5.74, 6) is -0.126. The number of carbonyl (C=O) groups is 1. The van der Waals surface area contributed by atoms with Crippen LogP contribution in [0.1, 0.15) is 46.6 Å². The van der Waals surface area contributed by atoms with Gasteiger partial charge in [0.2, 0.25) is 0 Å². The minimum Gasteiger partial charge on any atom is -0.379 e. The quantitative estimate of drug-likeness (QED) is 0.794. The summed E-state index contributed by atoms with van der Waals surface area (Å²) in [4.78, 5) is 12.8. The molecule has 0 spiro atoms. The van der Waals surface area contributed by atoms with E-state index in [0.29, 0.717) is 32.0 Å². The number of nitrogens with zero attached hydrogens (tertiary/aromatic N) is 2. The molecule has 0 saturated carbocycles. The van der Waals surface area contributed by atoms with Gasteiger partial charge < -0.3 is 4.74 Å². The number of hydrogen-bond acceptors (Lipinski definition) is 4. The first-order chi connectivity index (χ1) is 13.2. The molecule has 0 atom stereocenters. The summed E-state index contributed by atoms with van der Waals surface area (Å²) in [6, 6.07) is 7.77. The topological polar surface area (TPSA) is 70.2 Å². The molecular formula is C20H23ClN4O2. The fourth-order valence-corrected chi connectivity index (χ4v) is 3.70. The molecule has 142 valence electrons. The maximum absolute atomic E-state index is 12.8. The Bertz CT molecular complexity index is 838. The van der Waals surface area contributed by atoms with Crippen LogP contribution in [0.25, 0.3) is 11.6 Å². The van der Waals surface area contributed by atoms with E-state index in [0.717, 1.165) is 53.1 Å². The minimum absolute atomic E-state index is 0.126. The van der Waals surface area contributed by atoms with E-state index in [1.54, 1.807) is 0 Å². The molecule has 1 aromatic carbocycles. The van der Waals surface area contributed by atoms with E-state index in [1.807, 2.05) is 29.3 Å². The number of fused-ring (bicyclic) bond motifs is 1. The van der Waals surface area contributed by atoms with E-state index in [4.69, 9.17) is 16.3 Å². The normalized spacial score (nSPS) is 19.5. The van der Waals surface area contributed by atoms with Crippen LogP contribution in [0.4, 0.5) is 0 Å². The van der Waals surface area contributed by atoms with Gasteiger partial charge in [0, 0.05) is 23.7 Å². The molecule has 0 unspecified atom stereocenters. The first-order valence-corrected chi connectivity index (χ1v) is 9.76. The van der Waals surface area contributed by atoms with Crippen LogP contribution in [0.15, 0.2) is 24.3 Å². The summed E-state index contributed by atoms with van der Waals surface area (Å²) < 4.78 is 5.33. The van der Waals surface area contributed by atoms with Crippen molar-refractivity contribution in [1.82, 2.24) is 20.6 Å². The Kier molecular flexibility index (Phi) is 5.57. The van der Waals surface area contributed by atoms with Gasteiger partial charge in [-0.1, -0.05) is 23.7 Å². The Morgan fingerprint density at radius 3 is 2.70 bits per heavy atom. The van der Waals surface area contributed by atoms with Crippen molar-refractivity contribution in [2.75, 3.05) is 26.3 Å². The molecule has 6 nitrogen and oxygen atoms in total. The Morgan fingerprint density at radius 1 is 1.19 bits per heavy atom. The first kappa shape index (κ1) is 18.2. The zero-order valence-electron chi connectivity index (χ0n) is 15.1. The lowest BCUT2D eigenvalue weighted by molar-refractivity contribution is 0.0124. The summed E-state index contributed by atoms with van der Waals surface area (Å²) >= 11 is 5.99. The fourth-order valence-electron chi connectivity index (χ4n) is 3.57. The van der Waals surface area contributed by atoms with Gasteiger partial charge in [-0.15, -0.1) is 0 Å². The van der Waals surface area contributed by atoms with Crippen molar-refractivity contribution in [1.29, 1.82) is 0 Å². The van der Waals surface area contributed by atoms with Gasteiger partial charge >= 0.3 is 0 Å². The number of aromatic nitrogens is 2. The molecule has 2 aromatic rings. The highest BCUT2D eigenvalue weighted by Gasteiger charge is 2.24. The second-order valence-corrected chi connectivity index (χ2v) is 7.33. The molecule has 1 aliphatic heterocycles. The van der Waals surface area contributed by atoms with Crippen molar-refractivity contribution in [3.8, 4) is 0 Å². The second kappa shape index (κ2) is 8.25. The Morgan fingerprint density at radius 2 is 1.93 bits per heavy atom. The maximum atomic E-state index is 12.8. The van der Waals surface area contributed by atoms with E-state index in [1.165, 1.54) is 0 Å². The largest absolute Gasteiger partial charge is 0.379 e. The number of allylic oxidation sites excluding steroid dienone is 1. The molecule has 2 heterocycles. The number of aromatic amines is 1. The average Bonchev–Trinajstić information content (AvgIpc) is 3.01. The van der Waals surface area contributed by atoms with Gasteiger partial charge in [-0.05, 0) is 55.0 Å². The van der Waals surface area contributed by atoms with Crippen LogP contribution < -0.4 is 5.43 Å². The summed E-state index contributed by atoms with van der Waals surface area (Å²) in [7, 11) is 0. The van der Waals surface area contributed by atoms with Crippen LogP contribution in [0.3, 0.4) is 0 Å². The van der Waals surface area contributed by atoms with Gasteiger partial charge in [0.05, 0.1) is 18.9 Å². The third-order valence-corrected chi connectivity index (χ3v) is 5.25. The number of hydrazine groups is 1. The van der Waals surface area contributed by atoms with Crippen LogP contribution in [0.5, 0.6) is 0 Å². The van der Waals surface area contributed by atoms with Gasteiger partial charge in [-0.25, -0.2) is 5.01 Å². The van der Waals surface area contributed by atoms with Crippen molar-refractivity contribution in [3.05, 3.63) is 51.8 Å². The van der Waals surface area contributed by atoms with Crippen molar-refractivity contribution in [3.63, 3.8) is 0 Å². The summed E-state index contributed by atoms with van der Waals surface area (Å²) in [6.45, 7) is 2.66. The molecule has 1 aromatic heterocycles. The van der Waals surface area contributed by atoms with Gasteiger partial charge in [-0.3, -0.25) is 15.3 Å². The van der Waals surface area contributed by atoms with Crippen LogP contribution in [0, 0.1) is 0 Å². The number of rotatable bonds is 3. The molecular weight excluding hydrogens is 364 g/mol. The average molecular weight is 387 g/mol. The third kappa shape index (κ3) is 4.24. The number of halogens is 1. The smallest absolute Gasteiger partial charge is 0.283 e. The van der Waals surface area contributed by atoms with Crippen molar-refractivity contribution in [2.45, 2.75) is 25.7 Å². The van der Waals surface area contributed by atoms with E-state index in [9.17, 15) is 4.79 Å². The number of nitrogens with one attached hydrogen (secondary N) is 2. The molecule has 1 saturated heterocycles. The second-order valence-electron chi connectivity index (χ2n) is 6.89. The first-order valence-electron chi connectivity index (χ1n) is 9.38. The van der Waals surface area contributed by atoms with E-state index >= 15 is 0 Å². The van der Waals surface area contributed by atoms with Crippen molar-refractivity contribution < 1.29 is 9.53 Å². The highest BCUT2D eigenvalue weighted by atomic mass is 35.5. The lowest BCUT2D eigenvalue weighted by Crippen LogP contribution is -2.48. The van der Waals surface area contributed by atoms with Crippen LogP contribution in [0.2, 0.25) is 5.02 Å². The zero-order chi connectivity index (χ0) is 18.6. The number of ether oxygens (including phenoxy) is 1. The van der Waals surface area contributed by atoms with E-state index in [-0.39, 0.29) is 5.91 Å². The molecule has 0 radical (unpaired) electrons. The van der Waals surface area contributed by atoms with Crippen molar-refractivity contribution in [2.24, 2.45) is 0 Å². The Balaban J connectivity index is 1.59. The van der Waals surface area contributed by atoms with Crippen molar-refractivity contribution >= 4 is 29.2 Å². The summed E-state index contributed by atoms with van der Waals surface area (Å²) in [6.07, 6.45) is 6.08. The number of hydrogen-bond donors (Lipinski definition) is 2. The lowest BCUT2D eigenvalue weighted by atomic mass is 10.0. The van der Waals surface area contributed by atoms with Crippen LogP contribution in [-0.4, -0.2) is 47.4 Å². The molecule has 27 heavy (non-hydrogen) atoms. The Hall–Kier alpha value is -2.15. The molecule has 1 fully saturated rings. The van der Waals surface area contributed by atoms with E-state index in [2.05, 4.69) is 21.7 Å². The molecule has 1 aliphatic carbocycles. The van der Waals surface area contributed by atoms with E-state index < -0.39 is 0 Å². The standard InChI is InChI=1S/C20H23ClN4O2/c21-16-7-5-14(6-8-16)13-15-3-1-2-4-17-18(15)22-23-19(17)20(26)24-25-9-11-27-12-10-25/h5-8,13H,1-4,9-12H2,(H,22,23)(H,24,26)/b15-13+. The number of amides is 1. The maximum Gasteiger partial charge on any atom is 0.283 e. The third-order valence-electron chi connectivity index (χ3n) is 5.00. The summed E-state index contributed by atoms with van der Waals surface area (Å²) in [5.41, 5.74) is 7.71. The predicted molar refractivity (Wildman–Crippen MR) is 105 cm³/mol. The Labute approximate surface area is 163 Å². The van der Waals surface area contributed by atoms with Gasteiger partial charge in [0.25, 0.3) is 5.91 Å². The molecule has 4 rings (SSSR count). The molecule has 7 heteroatoms. The minimum atomic E-state index is -0.126. The number of benzene rings is 1. The van der Waals surface area contributed by atoms with Gasteiger partial charge in [0.1, 0.15) is 5.69 Å². The highest BCUT2D eigenvalue weighted by molar-refractivity contribution is 6.30. The SMILES string of the molecule is O=C(NN1CCOCC1)c1[nH]nc2c1CCCC/C2=C\c1ccc(Cl)cc1. The molecule has 2 aliphatic rings. The molecule has 2 N–H and O–H groups in total.